The Morgan fingerprint density at radius 3 is 2.36 bits per heavy atom. The van der Waals surface area contributed by atoms with E-state index in [1.165, 1.54) is 38.8 Å². The van der Waals surface area contributed by atoms with Crippen LogP contribution in [-0.2, 0) is 0 Å². The van der Waals surface area contributed by atoms with Gasteiger partial charge in [-0.25, -0.2) is 0 Å². The van der Waals surface area contributed by atoms with Gasteiger partial charge < -0.3 is 4.90 Å². The van der Waals surface area contributed by atoms with E-state index in [-0.39, 0.29) is 0 Å². The van der Waals surface area contributed by atoms with Crippen molar-refractivity contribution in [2.45, 2.75) is 53.4 Å². The van der Waals surface area contributed by atoms with Gasteiger partial charge in [0.25, 0.3) is 0 Å². The summed E-state index contributed by atoms with van der Waals surface area (Å²) in [6.45, 7) is 11.5. The van der Waals surface area contributed by atoms with E-state index in [0.717, 1.165) is 5.92 Å². The van der Waals surface area contributed by atoms with E-state index in [1.54, 1.807) is 0 Å². The van der Waals surface area contributed by atoms with E-state index in [2.05, 4.69) is 44.9 Å². The maximum Gasteiger partial charge on any atom is 0.0195 e. The van der Waals surface area contributed by atoms with Gasteiger partial charge in [0, 0.05) is 13.1 Å². The summed E-state index contributed by atoms with van der Waals surface area (Å²) in [5.41, 5.74) is 0. The molecule has 14 heavy (non-hydrogen) atoms. The highest BCUT2D eigenvalue weighted by Crippen LogP contribution is 2.03. The zero-order valence-corrected chi connectivity index (χ0v) is 10.4. The molecule has 0 aromatic carbocycles. The minimum Gasteiger partial charge on any atom is -0.377 e. The van der Waals surface area contributed by atoms with E-state index in [9.17, 15) is 0 Å². The van der Waals surface area contributed by atoms with Gasteiger partial charge in [-0.1, -0.05) is 46.6 Å². The van der Waals surface area contributed by atoms with Crippen LogP contribution in [0.3, 0.4) is 0 Å². The van der Waals surface area contributed by atoms with Gasteiger partial charge in [0.15, 0.2) is 0 Å². The average Bonchev–Trinajstić information content (AvgIpc) is 2.13. The van der Waals surface area contributed by atoms with Crippen molar-refractivity contribution in [3.8, 4) is 0 Å². The molecule has 0 rings (SSSR count). The van der Waals surface area contributed by atoms with Crippen LogP contribution in [0.2, 0.25) is 0 Å². The Balaban J connectivity index is 3.83. The second-order valence-corrected chi connectivity index (χ2v) is 4.42. The number of unbranched alkanes of at least 4 members (excludes halogenated alkanes) is 2. The molecule has 0 N–H and O–H groups in total. The Morgan fingerprint density at radius 1 is 1.14 bits per heavy atom. The predicted molar refractivity (Wildman–Crippen MR) is 65.4 cm³/mol. The van der Waals surface area contributed by atoms with E-state index >= 15 is 0 Å². The van der Waals surface area contributed by atoms with Gasteiger partial charge in [0.2, 0.25) is 0 Å². The highest BCUT2D eigenvalue weighted by molar-refractivity contribution is 4.82. The summed E-state index contributed by atoms with van der Waals surface area (Å²) in [7, 11) is 0. The summed E-state index contributed by atoms with van der Waals surface area (Å²) in [6.07, 6.45) is 9.65. The quantitative estimate of drug-likeness (QED) is 0.567. The molecule has 0 aliphatic carbocycles. The van der Waals surface area contributed by atoms with Gasteiger partial charge in [-0.3, -0.25) is 0 Å². The van der Waals surface area contributed by atoms with Crippen LogP contribution < -0.4 is 0 Å². The minimum absolute atomic E-state index is 0.762. The number of hydrogen-bond donors (Lipinski definition) is 0. The lowest BCUT2D eigenvalue weighted by atomic mass is 10.2. The zero-order valence-electron chi connectivity index (χ0n) is 10.4. The standard InChI is InChI=1S/C13H27N/c1-5-7-9-11-14(10-8-6-2)12-13(3)4/h9,11,13H,5-8,10,12H2,1-4H3/b11-9+. The van der Waals surface area contributed by atoms with Crippen molar-refractivity contribution in [1.29, 1.82) is 0 Å². The van der Waals surface area contributed by atoms with Crippen LogP contribution in [0.1, 0.15) is 53.4 Å². The van der Waals surface area contributed by atoms with E-state index in [1.807, 2.05) is 0 Å². The Bertz CT molecular complexity index is 138. The average molecular weight is 197 g/mol. The van der Waals surface area contributed by atoms with Crippen molar-refractivity contribution in [2.24, 2.45) is 5.92 Å². The Morgan fingerprint density at radius 2 is 1.86 bits per heavy atom. The molecule has 0 atom stereocenters. The van der Waals surface area contributed by atoms with Crippen molar-refractivity contribution in [3.63, 3.8) is 0 Å². The molecule has 0 unspecified atom stereocenters. The lowest BCUT2D eigenvalue weighted by molar-refractivity contribution is 0.324. The van der Waals surface area contributed by atoms with Crippen molar-refractivity contribution >= 4 is 0 Å². The maximum absolute atomic E-state index is 2.46. The SMILES string of the molecule is CCC/C=C/N(CCCC)CC(C)C. The number of hydrogen-bond acceptors (Lipinski definition) is 1. The molecule has 1 heteroatoms. The fourth-order valence-corrected chi connectivity index (χ4v) is 1.45. The third-order valence-electron chi connectivity index (χ3n) is 2.17. The van der Waals surface area contributed by atoms with Crippen LogP contribution in [0.15, 0.2) is 12.3 Å². The van der Waals surface area contributed by atoms with Crippen LogP contribution in [-0.4, -0.2) is 18.0 Å². The maximum atomic E-state index is 2.46. The first-order chi connectivity index (χ1) is 6.70. The van der Waals surface area contributed by atoms with Crippen LogP contribution in [0.5, 0.6) is 0 Å². The number of rotatable bonds is 8. The fourth-order valence-electron chi connectivity index (χ4n) is 1.45. The summed E-state index contributed by atoms with van der Waals surface area (Å²) in [6, 6.07) is 0. The largest absolute Gasteiger partial charge is 0.377 e. The van der Waals surface area contributed by atoms with Crippen molar-refractivity contribution in [1.82, 2.24) is 4.90 Å². The molecule has 0 heterocycles. The van der Waals surface area contributed by atoms with E-state index in [0.29, 0.717) is 0 Å². The molecular formula is C13H27N. The van der Waals surface area contributed by atoms with Crippen molar-refractivity contribution in [2.75, 3.05) is 13.1 Å². The third kappa shape index (κ3) is 8.15. The fraction of sp³-hybridized carbons (Fsp3) is 0.846. The third-order valence-corrected chi connectivity index (χ3v) is 2.17. The lowest BCUT2D eigenvalue weighted by Crippen LogP contribution is -2.23. The van der Waals surface area contributed by atoms with Gasteiger partial charge >= 0.3 is 0 Å². The molecule has 0 aromatic heterocycles. The molecule has 0 aromatic rings. The Kier molecular flexibility index (Phi) is 8.81. The zero-order chi connectivity index (χ0) is 10.8. The Hall–Kier alpha value is -0.460. The monoisotopic (exact) mass is 197 g/mol. The van der Waals surface area contributed by atoms with Gasteiger partial charge in [0.1, 0.15) is 0 Å². The van der Waals surface area contributed by atoms with Gasteiger partial charge in [-0.05, 0) is 25.0 Å². The molecule has 0 saturated heterocycles. The summed E-state index contributed by atoms with van der Waals surface area (Å²) in [4.78, 5) is 2.46. The molecule has 84 valence electrons. The van der Waals surface area contributed by atoms with Crippen LogP contribution >= 0.6 is 0 Å². The number of nitrogens with zero attached hydrogens (tertiary/aromatic N) is 1. The molecule has 0 saturated carbocycles. The summed E-state index contributed by atoms with van der Waals surface area (Å²) >= 11 is 0. The second-order valence-electron chi connectivity index (χ2n) is 4.42. The van der Waals surface area contributed by atoms with Crippen molar-refractivity contribution < 1.29 is 0 Å². The smallest absolute Gasteiger partial charge is 0.0195 e. The summed E-state index contributed by atoms with van der Waals surface area (Å²) < 4.78 is 0. The predicted octanol–water partition coefficient (Wildman–Crippen LogP) is 4.06. The molecule has 0 spiro atoms. The summed E-state index contributed by atoms with van der Waals surface area (Å²) in [5.74, 6) is 0.762. The minimum atomic E-state index is 0.762. The van der Waals surface area contributed by atoms with Crippen LogP contribution in [0, 0.1) is 5.92 Å². The van der Waals surface area contributed by atoms with Gasteiger partial charge in [0.05, 0.1) is 0 Å². The van der Waals surface area contributed by atoms with Crippen LogP contribution in [0.4, 0.5) is 0 Å². The molecule has 0 amide bonds. The van der Waals surface area contributed by atoms with E-state index in [4.69, 9.17) is 0 Å². The van der Waals surface area contributed by atoms with E-state index < -0.39 is 0 Å². The topological polar surface area (TPSA) is 3.24 Å². The molecule has 0 aliphatic heterocycles. The molecular weight excluding hydrogens is 170 g/mol. The van der Waals surface area contributed by atoms with Crippen molar-refractivity contribution in [3.05, 3.63) is 12.3 Å². The first-order valence-corrected chi connectivity index (χ1v) is 6.11. The highest BCUT2D eigenvalue weighted by Gasteiger charge is 2.00. The Labute approximate surface area is 90.2 Å². The molecule has 0 aliphatic rings. The molecule has 0 bridgehead atoms. The second kappa shape index (κ2) is 9.11. The van der Waals surface area contributed by atoms with Gasteiger partial charge in [-0.2, -0.15) is 0 Å². The number of allylic oxidation sites excluding steroid dienone is 1. The summed E-state index contributed by atoms with van der Waals surface area (Å²) in [5, 5.41) is 0. The highest BCUT2D eigenvalue weighted by atomic mass is 15.1. The van der Waals surface area contributed by atoms with Crippen LogP contribution in [0.25, 0.3) is 0 Å². The molecule has 0 fully saturated rings. The molecule has 0 radical (unpaired) electrons. The molecule has 1 nitrogen and oxygen atoms in total. The first-order valence-electron chi connectivity index (χ1n) is 6.11. The normalized spacial score (nSPS) is 11.5. The lowest BCUT2D eigenvalue weighted by Gasteiger charge is -2.22. The van der Waals surface area contributed by atoms with Gasteiger partial charge in [-0.15, -0.1) is 0 Å². The first kappa shape index (κ1) is 13.5.